The molecule has 0 spiro atoms. The Morgan fingerprint density at radius 2 is 2.00 bits per heavy atom. The number of carbonyl (C=O) groups excluding carboxylic acids is 1. The van der Waals surface area contributed by atoms with E-state index in [9.17, 15) is 13.2 Å². The molecule has 16 heavy (non-hydrogen) atoms. The van der Waals surface area contributed by atoms with Gasteiger partial charge in [0.05, 0.1) is 17.6 Å². The molecule has 0 bridgehead atoms. The lowest BCUT2D eigenvalue weighted by atomic mass is 10.1. The molecule has 0 amide bonds. The Balaban J connectivity index is 3.56. The minimum absolute atomic E-state index is 0.107. The van der Waals surface area contributed by atoms with Crippen molar-refractivity contribution in [3.8, 4) is 0 Å². The van der Waals surface area contributed by atoms with Crippen LogP contribution in [-0.4, -0.2) is 21.5 Å². The van der Waals surface area contributed by atoms with E-state index in [2.05, 4.69) is 20.7 Å². The molecule has 0 saturated heterocycles. The number of carbonyl (C=O) groups is 1. The average molecular weight is 328 g/mol. The molecule has 0 aromatic heterocycles. The first kappa shape index (κ1) is 13.5. The lowest BCUT2D eigenvalue weighted by Gasteiger charge is -2.08. The van der Waals surface area contributed by atoms with Gasteiger partial charge in [0.2, 0.25) is 0 Å². The quantitative estimate of drug-likeness (QED) is 0.618. The van der Waals surface area contributed by atoms with E-state index in [0.717, 1.165) is 0 Å². The molecule has 0 fully saturated rings. The summed E-state index contributed by atoms with van der Waals surface area (Å²) < 4.78 is 27.5. The van der Waals surface area contributed by atoms with Crippen LogP contribution in [0.25, 0.3) is 0 Å². The molecule has 1 rings (SSSR count). The molecule has 0 aliphatic rings. The molecule has 0 radical (unpaired) electrons. The third-order valence-corrected chi connectivity index (χ3v) is 3.90. The predicted octanol–water partition coefficient (Wildman–Crippen LogP) is 2.47. The van der Waals surface area contributed by atoms with Gasteiger partial charge in [-0.1, -0.05) is 15.9 Å². The number of methoxy groups -OCH3 is 1. The summed E-state index contributed by atoms with van der Waals surface area (Å²) in [6.45, 7) is 1.49. The van der Waals surface area contributed by atoms with E-state index in [-0.39, 0.29) is 16.0 Å². The van der Waals surface area contributed by atoms with Crippen molar-refractivity contribution in [2.45, 2.75) is 11.8 Å². The Labute approximate surface area is 106 Å². The fourth-order valence-corrected chi connectivity index (χ4v) is 3.06. The Morgan fingerprint density at radius 1 is 1.44 bits per heavy atom. The van der Waals surface area contributed by atoms with Gasteiger partial charge in [-0.3, -0.25) is 0 Å². The zero-order valence-corrected chi connectivity index (χ0v) is 11.6. The van der Waals surface area contributed by atoms with Crippen LogP contribution in [0.3, 0.4) is 0 Å². The lowest BCUT2D eigenvalue weighted by Crippen LogP contribution is -2.07. The van der Waals surface area contributed by atoms with E-state index in [1.807, 2.05) is 0 Å². The van der Waals surface area contributed by atoms with E-state index >= 15 is 0 Å². The Kier molecular flexibility index (Phi) is 3.98. The number of ether oxygens (including phenoxy) is 1. The van der Waals surface area contributed by atoms with Gasteiger partial charge < -0.3 is 4.74 Å². The summed E-state index contributed by atoms with van der Waals surface area (Å²) in [6.07, 6.45) is 0. The largest absolute Gasteiger partial charge is 0.465 e. The molecule has 88 valence electrons. The van der Waals surface area contributed by atoms with Crippen molar-refractivity contribution in [2.24, 2.45) is 0 Å². The first-order valence-corrected chi connectivity index (χ1v) is 7.20. The zero-order valence-electron chi connectivity index (χ0n) is 8.45. The molecule has 0 saturated carbocycles. The molecule has 7 heteroatoms. The fraction of sp³-hybridized carbons (Fsp3) is 0.222. The molecule has 1 aromatic carbocycles. The van der Waals surface area contributed by atoms with Crippen molar-refractivity contribution in [1.29, 1.82) is 0 Å². The smallest absolute Gasteiger partial charge is 0.338 e. The Bertz CT molecular complexity index is 539. The Morgan fingerprint density at radius 3 is 2.44 bits per heavy atom. The van der Waals surface area contributed by atoms with E-state index in [1.54, 1.807) is 0 Å². The van der Waals surface area contributed by atoms with Gasteiger partial charge in [-0.05, 0) is 24.6 Å². The number of esters is 1. The van der Waals surface area contributed by atoms with Gasteiger partial charge in [0.25, 0.3) is 9.05 Å². The van der Waals surface area contributed by atoms with Crippen molar-refractivity contribution >= 4 is 41.6 Å². The molecule has 1 aromatic rings. The van der Waals surface area contributed by atoms with Crippen LogP contribution in [0.5, 0.6) is 0 Å². The molecule has 0 N–H and O–H groups in total. The second kappa shape index (κ2) is 4.73. The van der Waals surface area contributed by atoms with Crippen molar-refractivity contribution in [2.75, 3.05) is 7.11 Å². The van der Waals surface area contributed by atoms with Crippen LogP contribution < -0.4 is 0 Å². The normalized spacial score (nSPS) is 11.2. The highest BCUT2D eigenvalue weighted by atomic mass is 79.9. The summed E-state index contributed by atoms with van der Waals surface area (Å²) in [4.78, 5) is 11.3. The number of hydrogen-bond donors (Lipinski definition) is 0. The van der Waals surface area contributed by atoms with Crippen LogP contribution in [0.15, 0.2) is 21.5 Å². The monoisotopic (exact) mass is 326 g/mol. The first-order chi connectivity index (χ1) is 7.27. The SMILES string of the molecule is COC(=O)c1cc(Br)cc(S(=O)(=O)Cl)c1C. The highest BCUT2D eigenvalue weighted by molar-refractivity contribution is 9.10. The summed E-state index contributed by atoms with van der Waals surface area (Å²) in [5.74, 6) is -0.611. The lowest BCUT2D eigenvalue weighted by molar-refractivity contribution is 0.0599. The van der Waals surface area contributed by atoms with Gasteiger partial charge in [-0.25, -0.2) is 13.2 Å². The number of halogens is 2. The maximum atomic E-state index is 11.4. The van der Waals surface area contributed by atoms with Crippen molar-refractivity contribution in [3.05, 3.63) is 27.7 Å². The van der Waals surface area contributed by atoms with Crippen LogP contribution in [0, 0.1) is 6.92 Å². The van der Waals surface area contributed by atoms with Gasteiger partial charge in [0, 0.05) is 15.2 Å². The number of rotatable bonds is 2. The van der Waals surface area contributed by atoms with Gasteiger partial charge >= 0.3 is 5.97 Å². The van der Waals surface area contributed by atoms with Crippen LogP contribution in [0.4, 0.5) is 0 Å². The molecule has 0 unspecified atom stereocenters. The maximum absolute atomic E-state index is 11.4. The average Bonchev–Trinajstić information content (AvgIpc) is 2.18. The first-order valence-electron chi connectivity index (χ1n) is 4.10. The minimum Gasteiger partial charge on any atom is -0.465 e. The summed E-state index contributed by atoms with van der Waals surface area (Å²) in [7, 11) is 2.59. The number of benzene rings is 1. The second-order valence-electron chi connectivity index (χ2n) is 3.01. The molecular weight excluding hydrogens is 320 g/mol. The Hall–Kier alpha value is -0.590. The second-order valence-corrected chi connectivity index (χ2v) is 6.46. The van der Waals surface area contributed by atoms with E-state index in [0.29, 0.717) is 4.47 Å². The van der Waals surface area contributed by atoms with Crippen LogP contribution >= 0.6 is 26.6 Å². The van der Waals surface area contributed by atoms with Crippen LogP contribution in [0.2, 0.25) is 0 Å². The van der Waals surface area contributed by atoms with Gasteiger partial charge in [-0.15, -0.1) is 0 Å². The maximum Gasteiger partial charge on any atom is 0.338 e. The summed E-state index contributed by atoms with van der Waals surface area (Å²) in [6, 6.07) is 2.82. The minimum atomic E-state index is -3.89. The fourth-order valence-electron chi connectivity index (χ4n) is 1.23. The standard InChI is InChI=1S/C9H8BrClO4S/c1-5-7(9(12)15-2)3-6(10)4-8(5)16(11,13)14/h3-4H,1-2H3. The van der Waals surface area contributed by atoms with Gasteiger partial charge in [-0.2, -0.15) is 0 Å². The van der Waals surface area contributed by atoms with Gasteiger partial charge in [0.1, 0.15) is 0 Å². The highest BCUT2D eigenvalue weighted by Gasteiger charge is 2.20. The zero-order chi connectivity index (χ0) is 12.5. The topological polar surface area (TPSA) is 60.4 Å². The van der Waals surface area contributed by atoms with E-state index in [4.69, 9.17) is 10.7 Å². The van der Waals surface area contributed by atoms with Crippen molar-refractivity contribution < 1.29 is 17.9 Å². The molecule has 0 atom stereocenters. The van der Waals surface area contributed by atoms with E-state index in [1.165, 1.54) is 26.2 Å². The summed E-state index contributed by atoms with van der Waals surface area (Å²) in [5.41, 5.74) is 0.432. The summed E-state index contributed by atoms with van der Waals surface area (Å²) in [5, 5.41) is 0. The molecule has 0 heterocycles. The predicted molar refractivity (Wildman–Crippen MR) is 63.3 cm³/mol. The van der Waals surface area contributed by atoms with E-state index < -0.39 is 15.0 Å². The number of hydrogen-bond acceptors (Lipinski definition) is 4. The van der Waals surface area contributed by atoms with Crippen molar-refractivity contribution in [1.82, 2.24) is 0 Å². The molecule has 0 aliphatic heterocycles. The molecular formula is C9H8BrClO4S. The van der Waals surface area contributed by atoms with Gasteiger partial charge in [0.15, 0.2) is 0 Å². The third-order valence-electron chi connectivity index (χ3n) is 1.99. The summed E-state index contributed by atoms with van der Waals surface area (Å²) >= 11 is 3.11. The van der Waals surface area contributed by atoms with Crippen molar-refractivity contribution in [3.63, 3.8) is 0 Å². The van der Waals surface area contributed by atoms with Crippen LogP contribution in [-0.2, 0) is 13.8 Å². The third kappa shape index (κ3) is 2.75. The molecule has 0 aliphatic carbocycles. The highest BCUT2D eigenvalue weighted by Crippen LogP contribution is 2.27. The van der Waals surface area contributed by atoms with Crippen LogP contribution in [0.1, 0.15) is 15.9 Å². The molecule has 4 nitrogen and oxygen atoms in total.